The van der Waals surface area contributed by atoms with E-state index in [0.29, 0.717) is 0 Å². The van der Waals surface area contributed by atoms with Crippen LogP contribution in [0.3, 0.4) is 0 Å². The molecule has 1 aromatic carbocycles. The van der Waals surface area contributed by atoms with Crippen molar-refractivity contribution in [3.63, 3.8) is 0 Å². The van der Waals surface area contributed by atoms with Crippen LogP contribution in [0.15, 0.2) is 30.3 Å². The maximum Gasteiger partial charge on any atom is 0.337 e. The van der Waals surface area contributed by atoms with Gasteiger partial charge in [-0.3, -0.25) is 0 Å². The third kappa shape index (κ3) is 3.83. The van der Waals surface area contributed by atoms with E-state index in [1.165, 1.54) is 12.5 Å². The molecule has 0 saturated heterocycles. The van der Waals surface area contributed by atoms with Crippen LogP contribution in [-0.2, 0) is 25.4 Å². The number of hydrogen-bond acceptors (Lipinski definition) is 2. The number of carbonyl (C=O) groups is 1. The van der Waals surface area contributed by atoms with Gasteiger partial charge in [0.25, 0.3) is 0 Å². The van der Waals surface area contributed by atoms with E-state index in [4.69, 9.17) is 0 Å². The van der Waals surface area contributed by atoms with Crippen LogP contribution in [0.1, 0.15) is 5.56 Å². The molecule has 2 nitrogen and oxygen atoms in total. The Bertz CT molecular complexity index is 338. The van der Waals surface area contributed by atoms with E-state index in [2.05, 4.69) is 0 Å². The van der Waals surface area contributed by atoms with E-state index in [1.807, 2.05) is 30.3 Å². The van der Waals surface area contributed by atoms with Gasteiger partial charge in [-0.05, 0) is 5.56 Å². The molecule has 0 bridgehead atoms. The van der Waals surface area contributed by atoms with Crippen molar-refractivity contribution in [1.82, 2.24) is 0 Å². The summed E-state index contributed by atoms with van der Waals surface area (Å²) in [6, 6.07) is 9.36. The van der Waals surface area contributed by atoms with Crippen LogP contribution in [0, 0.1) is 7.43 Å². The van der Waals surface area contributed by atoms with Crippen molar-refractivity contribution in [2.24, 2.45) is 0 Å². The molecule has 3 heteroatoms. The Balaban J connectivity index is 0.00000169. The summed E-state index contributed by atoms with van der Waals surface area (Å²) in [5.41, 5.74) is 0.920. The van der Waals surface area contributed by atoms with Crippen LogP contribution < -0.4 is 0 Å². The van der Waals surface area contributed by atoms with Gasteiger partial charge in [-0.15, -0.1) is 0 Å². The first-order valence-corrected chi connectivity index (χ1v) is 6.38. The second kappa shape index (κ2) is 5.05. The monoisotopic (exact) mass is 212 g/mol. The summed E-state index contributed by atoms with van der Waals surface area (Å²) in [6.07, 6.45) is 3.24. The van der Waals surface area contributed by atoms with Crippen molar-refractivity contribution in [3.05, 3.63) is 43.3 Å². The Morgan fingerprint density at radius 2 is 1.71 bits per heavy atom. The molecular formula is C11H16O2S. The highest BCUT2D eigenvalue weighted by Gasteiger charge is 2.25. The van der Waals surface area contributed by atoms with E-state index in [0.717, 1.165) is 5.56 Å². The molecule has 0 spiro atoms. The van der Waals surface area contributed by atoms with Crippen molar-refractivity contribution in [3.8, 4) is 0 Å². The van der Waals surface area contributed by atoms with Crippen molar-refractivity contribution in [2.45, 2.75) is 6.42 Å². The lowest BCUT2D eigenvalue weighted by atomic mass is 10.2. The first-order chi connectivity index (χ1) is 6.00. The average molecular weight is 212 g/mol. The normalized spacial score (nSPS) is 10.4. The zero-order chi connectivity index (χ0) is 9.90. The Kier molecular flexibility index (Phi) is 4.71. The van der Waals surface area contributed by atoms with E-state index in [-0.39, 0.29) is 19.0 Å². The number of hydrogen-bond donors (Lipinski definition) is 0. The van der Waals surface area contributed by atoms with Gasteiger partial charge in [0.2, 0.25) is 0 Å². The van der Waals surface area contributed by atoms with Crippen LogP contribution in [0.5, 0.6) is 0 Å². The highest BCUT2D eigenvalue weighted by Crippen LogP contribution is 2.05. The molecule has 0 aliphatic rings. The zero-order valence-electron chi connectivity index (χ0n) is 8.82. The summed E-state index contributed by atoms with van der Waals surface area (Å²) in [6.45, 7) is 0. The fraction of sp³-hybridized carbons (Fsp3) is 0.273. The number of rotatable bonds is 2. The Labute approximate surface area is 86.8 Å². The maximum absolute atomic E-state index is 11.4. The molecule has 0 unspecified atom stereocenters. The first-order valence-electron chi connectivity index (χ1n) is 4.01. The van der Waals surface area contributed by atoms with E-state index >= 15 is 0 Å². The topological polar surface area (TPSA) is 34.1 Å². The van der Waals surface area contributed by atoms with Gasteiger partial charge in [0.05, 0.1) is 6.42 Å². The summed E-state index contributed by atoms with van der Waals surface area (Å²) < 4.78 is 11.3. The highest BCUT2D eigenvalue weighted by atomic mass is 32.2. The SMILES string of the molecule is C[S+](C)(=O)C(=O)Cc1ccccc1.[CH3-]. The molecule has 1 rings (SSSR count). The van der Waals surface area contributed by atoms with Crippen molar-refractivity contribution < 1.29 is 9.00 Å². The van der Waals surface area contributed by atoms with Gasteiger partial charge in [-0.1, -0.05) is 34.5 Å². The predicted octanol–water partition coefficient (Wildman–Crippen LogP) is 1.97. The molecule has 14 heavy (non-hydrogen) atoms. The summed E-state index contributed by atoms with van der Waals surface area (Å²) in [5, 5.41) is -0.182. The number of carbonyl (C=O) groups excluding carboxylic acids is 1. The lowest BCUT2D eigenvalue weighted by Crippen LogP contribution is -2.20. The number of benzene rings is 1. The molecule has 0 amide bonds. The third-order valence-corrected chi connectivity index (χ3v) is 2.98. The molecule has 0 aromatic heterocycles. The van der Waals surface area contributed by atoms with Gasteiger partial charge in [0.15, 0.2) is 0 Å². The fourth-order valence-corrected chi connectivity index (χ4v) is 1.45. The molecule has 0 N–H and O–H groups in total. The van der Waals surface area contributed by atoms with Gasteiger partial charge in [-0.2, -0.15) is 0 Å². The summed E-state index contributed by atoms with van der Waals surface area (Å²) in [4.78, 5) is 11.4. The minimum absolute atomic E-state index is 0. The molecule has 0 heterocycles. The molecular weight excluding hydrogens is 196 g/mol. The van der Waals surface area contributed by atoms with Crippen LogP contribution in [0.2, 0.25) is 0 Å². The summed E-state index contributed by atoms with van der Waals surface area (Å²) >= 11 is 0. The minimum Gasteiger partial charge on any atom is -0.358 e. The van der Waals surface area contributed by atoms with Crippen molar-refractivity contribution >= 4 is 15.0 Å². The van der Waals surface area contributed by atoms with Gasteiger partial charge >= 0.3 is 5.12 Å². The van der Waals surface area contributed by atoms with Gasteiger partial charge < -0.3 is 7.43 Å². The lowest BCUT2D eigenvalue weighted by Gasteiger charge is -1.99. The van der Waals surface area contributed by atoms with Crippen molar-refractivity contribution in [2.75, 3.05) is 12.5 Å². The molecule has 0 saturated carbocycles. The smallest absolute Gasteiger partial charge is 0.337 e. The quantitative estimate of drug-likeness (QED) is 0.555. The highest BCUT2D eigenvalue weighted by molar-refractivity contribution is 8.15. The summed E-state index contributed by atoms with van der Waals surface area (Å²) in [7, 11) is -2.29. The predicted molar refractivity (Wildman–Crippen MR) is 61.5 cm³/mol. The van der Waals surface area contributed by atoms with Crippen LogP contribution in [0.4, 0.5) is 0 Å². The second-order valence-electron chi connectivity index (χ2n) is 3.27. The first kappa shape index (κ1) is 13.0. The largest absolute Gasteiger partial charge is 0.358 e. The van der Waals surface area contributed by atoms with Gasteiger partial charge in [0.1, 0.15) is 22.4 Å². The Morgan fingerprint density at radius 1 is 1.21 bits per heavy atom. The Morgan fingerprint density at radius 3 is 2.14 bits per heavy atom. The van der Waals surface area contributed by atoms with Gasteiger partial charge in [-0.25, -0.2) is 4.79 Å². The molecule has 0 aliphatic carbocycles. The zero-order valence-corrected chi connectivity index (χ0v) is 9.64. The molecule has 0 radical (unpaired) electrons. The van der Waals surface area contributed by atoms with Crippen LogP contribution in [0.25, 0.3) is 0 Å². The standard InChI is InChI=1S/C10H13O2S.CH3/c1-13(2,12)10(11)8-9-6-4-3-5-7-9;/h3-7H,8H2,1-2H3;1H3/q+1;-1. The van der Waals surface area contributed by atoms with E-state index in [9.17, 15) is 9.00 Å². The lowest BCUT2D eigenvalue weighted by molar-refractivity contribution is -0.111. The summed E-state index contributed by atoms with van der Waals surface area (Å²) in [5.74, 6) is 0. The van der Waals surface area contributed by atoms with Crippen LogP contribution in [-0.4, -0.2) is 17.6 Å². The average Bonchev–Trinajstić information content (AvgIpc) is 2.04. The van der Waals surface area contributed by atoms with E-state index < -0.39 is 9.93 Å². The second-order valence-corrected chi connectivity index (χ2v) is 6.19. The Hall–Kier alpha value is -0.960. The van der Waals surface area contributed by atoms with Crippen molar-refractivity contribution in [1.29, 1.82) is 0 Å². The molecule has 0 aliphatic heterocycles. The van der Waals surface area contributed by atoms with Crippen LogP contribution >= 0.6 is 0 Å². The molecule has 78 valence electrons. The maximum atomic E-state index is 11.4. The molecule has 0 fully saturated rings. The van der Waals surface area contributed by atoms with E-state index in [1.54, 1.807) is 0 Å². The molecule has 0 atom stereocenters. The minimum atomic E-state index is -2.29. The molecule has 1 aromatic rings. The van der Waals surface area contributed by atoms with Gasteiger partial charge in [0, 0.05) is 0 Å². The fourth-order valence-electron chi connectivity index (χ4n) is 0.936. The third-order valence-electron chi connectivity index (χ3n) is 1.74.